The summed E-state index contributed by atoms with van der Waals surface area (Å²) in [6.45, 7) is 7.61. The van der Waals surface area contributed by atoms with Crippen LogP contribution in [0.4, 0.5) is 10.1 Å². The summed E-state index contributed by atoms with van der Waals surface area (Å²) in [5.74, 6) is 0.273. The van der Waals surface area contributed by atoms with E-state index in [0.29, 0.717) is 52.2 Å². The predicted octanol–water partition coefficient (Wildman–Crippen LogP) is 3.52. The highest BCUT2D eigenvalue weighted by molar-refractivity contribution is 5.81. The first-order valence-electron chi connectivity index (χ1n) is 9.87. The highest BCUT2D eigenvalue weighted by Crippen LogP contribution is 2.37. The maximum absolute atomic E-state index is 14.7. The fraction of sp³-hybridized carbons (Fsp3) is 0.136. The molecule has 32 heavy (non-hydrogen) atoms. The summed E-state index contributed by atoms with van der Waals surface area (Å²) in [6.07, 6.45) is 3.50. The molecule has 5 aromatic rings. The van der Waals surface area contributed by atoms with Crippen molar-refractivity contribution in [2.75, 3.05) is 6.61 Å². The van der Waals surface area contributed by atoms with E-state index in [9.17, 15) is 9.18 Å². The molecule has 0 spiro atoms. The summed E-state index contributed by atoms with van der Waals surface area (Å²) in [7, 11) is 0. The van der Waals surface area contributed by atoms with Gasteiger partial charge in [0.1, 0.15) is 23.4 Å². The number of halogens is 1. The second kappa shape index (κ2) is 6.75. The monoisotopic (exact) mass is 427 g/mol. The average molecular weight is 427 g/mol. The van der Waals surface area contributed by atoms with Crippen molar-refractivity contribution in [2.24, 2.45) is 0 Å². The molecule has 9 nitrogen and oxygen atoms in total. The summed E-state index contributed by atoms with van der Waals surface area (Å²) in [4.78, 5) is 32.4. The number of hydrogen-bond acceptors (Lipinski definition) is 5. The zero-order valence-electron chi connectivity index (χ0n) is 16.5. The molecule has 0 amide bonds. The lowest BCUT2D eigenvalue weighted by Gasteiger charge is -2.26. The lowest BCUT2D eigenvalue weighted by atomic mass is 9.99. The SMILES string of the molecule is [C-]#[N+]c1ccc2ncn(-c3ncc4[nH]c(=O)n(C5CCOc6cccc(F)c65)c4n3)c2c1. The van der Waals surface area contributed by atoms with E-state index in [1.165, 1.54) is 16.8 Å². The molecule has 0 saturated carbocycles. The highest BCUT2D eigenvalue weighted by atomic mass is 19.1. The summed E-state index contributed by atoms with van der Waals surface area (Å²) in [5.41, 5.74) is 2.54. The normalized spacial score (nSPS) is 15.4. The van der Waals surface area contributed by atoms with Crippen molar-refractivity contribution in [1.29, 1.82) is 0 Å². The molecule has 1 unspecified atom stereocenters. The van der Waals surface area contributed by atoms with E-state index in [4.69, 9.17) is 11.3 Å². The molecule has 1 aliphatic heterocycles. The fourth-order valence-electron chi connectivity index (χ4n) is 4.19. The van der Waals surface area contributed by atoms with Crippen molar-refractivity contribution in [1.82, 2.24) is 29.1 Å². The van der Waals surface area contributed by atoms with Gasteiger partial charge in [0.15, 0.2) is 11.3 Å². The first kappa shape index (κ1) is 18.3. The molecule has 156 valence electrons. The van der Waals surface area contributed by atoms with Gasteiger partial charge in [0, 0.05) is 6.42 Å². The van der Waals surface area contributed by atoms with Gasteiger partial charge in [0.2, 0.25) is 5.95 Å². The number of ether oxygens (including phenoxy) is 1. The summed E-state index contributed by atoms with van der Waals surface area (Å²) in [5, 5.41) is 0. The molecular weight excluding hydrogens is 413 g/mol. The number of aromatic amines is 1. The van der Waals surface area contributed by atoms with E-state index in [-0.39, 0.29) is 5.95 Å². The summed E-state index contributed by atoms with van der Waals surface area (Å²) in [6, 6.07) is 9.21. The first-order valence-corrected chi connectivity index (χ1v) is 9.87. The number of nitrogens with one attached hydrogen (secondary N) is 1. The lowest BCUT2D eigenvalue weighted by molar-refractivity contribution is 0.251. The van der Waals surface area contributed by atoms with E-state index in [1.54, 1.807) is 41.2 Å². The highest BCUT2D eigenvalue weighted by Gasteiger charge is 2.29. The van der Waals surface area contributed by atoms with Crippen LogP contribution >= 0.6 is 0 Å². The number of fused-ring (bicyclic) bond motifs is 3. The largest absolute Gasteiger partial charge is 0.493 e. The van der Waals surface area contributed by atoms with Crippen molar-refractivity contribution in [3.8, 4) is 11.7 Å². The van der Waals surface area contributed by atoms with Crippen LogP contribution in [0.25, 0.3) is 33.0 Å². The van der Waals surface area contributed by atoms with Crippen LogP contribution < -0.4 is 10.4 Å². The second-order valence-electron chi connectivity index (χ2n) is 7.41. The van der Waals surface area contributed by atoms with Crippen molar-refractivity contribution in [2.45, 2.75) is 12.5 Å². The van der Waals surface area contributed by atoms with Gasteiger partial charge >= 0.3 is 5.69 Å². The Morgan fingerprint density at radius 1 is 1.25 bits per heavy atom. The number of H-pyrrole nitrogens is 1. The second-order valence-corrected chi connectivity index (χ2v) is 7.41. The van der Waals surface area contributed by atoms with Crippen LogP contribution in [0.5, 0.6) is 5.75 Å². The van der Waals surface area contributed by atoms with E-state index in [2.05, 4.69) is 24.8 Å². The Kier molecular flexibility index (Phi) is 3.85. The summed E-state index contributed by atoms with van der Waals surface area (Å²) >= 11 is 0. The molecule has 3 aromatic heterocycles. The van der Waals surface area contributed by atoms with Gasteiger partial charge in [0.05, 0.1) is 42.0 Å². The molecule has 0 aliphatic carbocycles. The molecule has 4 heterocycles. The zero-order chi connectivity index (χ0) is 21.8. The van der Waals surface area contributed by atoms with Gasteiger partial charge in [-0.2, -0.15) is 4.98 Å². The number of rotatable bonds is 2. The van der Waals surface area contributed by atoms with E-state index in [0.717, 1.165) is 0 Å². The van der Waals surface area contributed by atoms with Crippen LogP contribution in [-0.4, -0.2) is 35.7 Å². The number of aromatic nitrogens is 6. The third kappa shape index (κ3) is 2.61. The van der Waals surface area contributed by atoms with Gasteiger partial charge < -0.3 is 9.72 Å². The number of hydrogen-bond donors (Lipinski definition) is 1. The Hall–Kier alpha value is -4.52. The number of benzene rings is 2. The molecule has 2 aromatic carbocycles. The molecule has 0 saturated heterocycles. The van der Waals surface area contributed by atoms with Crippen LogP contribution in [0.1, 0.15) is 18.0 Å². The maximum Gasteiger partial charge on any atom is 0.328 e. The minimum atomic E-state index is -0.572. The van der Waals surface area contributed by atoms with E-state index in [1.807, 2.05) is 0 Å². The minimum absolute atomic E-state index is 0.288. The first-order chi connectivity index (χ1) is 15.6. The van der Waals surface area contributed by atoms with Crippen molar-refractivity contribution in [3.05, 3.63) is 82.2 Å². The van der Waals surface area contributed by atoms with Crippen LogP contribution in [0.3, 0.4) is 0 Å². The number of nitrogens with zero attached hydrogens (tertiary/aromatic N) is 6. The lowest BCUT2D eigenvalue weighted by Crippen LogP contribution is -2.28. The van der Waals surface area contributed by atoms with E-state index >= 15 is 0 Å². The van der Waals surface area contributed by atoms with Gasteiger partial charge in [-0.25, -0.2) is 24.0 Å². The zero-order valence-corrected chi connectivity index (χ0v) is 16.5. The number of imidazole rings is 2. The molecule has 1 N–H and O–H groups in total. The Bertz CT molecular complexity index is 1630. The summed E-state index contributed by atoms with van der Waals surface area (Å²) < 4.78 is 23.4. The van der Waals surface area contributed by atoms with Gasteiger partial charge in [-0.05, 0) is 24.3 Å². The van der Waals surface area contributed by atoms with Gasteiger partial charge in [-0.3, -0.25) is 9.13 Å². The van der Waals surface area contributed by atoms with Crippen molar-refractivity contribution in [3.63, 3.8) is 0 Å². The Morgan fingerprint density at radius 3 is 3.03 bits per heavy atom. The molecule has 1 atom stereocenters. The van der Waals surface area contributed by atoms with Gasteiger partial charge in [0.25, 0.3) is 0 Å². The topological polar surface area (TPSA) is 95.0 Å². The third-order valence-electron chi connectivity index (χ3n) is 5.63. The van der Waals surface area contributed by atoms with Gasteiger partial charge in [-0.15, -0.1) is 0 Å². The van der Waals surface area contributed by atoms with Crippen LogP contribution in [0.15, 0.2) is 53.7 Å². The van der Waals surface area contributed by atoms with Crippen LogP contribution in [0, 0.1) is 12.4 Å². The quantitative estimate of drug-likeness (QED) is 0.435. The predicted molar refractivity (Wildman–Crippen MR) is 114 cm³/mol. The average Bonchev–Trinajstić information content (AvgIpc) is 3.38. The Labute approximate surface area is 179 Å². The van der Waals surface area contributed by atoms with Crippen molar-refractivity contribution < 1.29 is 9.13 Å². The van der Waals surface area contributed by atoms with Crippen LogP contribution in [0.2, 0.25) is 0 Å². The molecule has 0 fully saturated rings. The van der Waals surface area contributed by atoms with Gasteiger partial charge in [-0.1, -0.05) is 12.1 Å². The minimum Gasteiger partial charge on any atom is -0.493 e. The molecule has 1 aliphatic rings. The van der Waals surface area contributed by atoms with Crippen molar-refractivity contribution >= 4 is 27.9 Å². The standard InChI is InChI=1S/C22H14FN7O2/c1-24-12-5-6-14-17(9-12)29(11-26-14)21-25-10-15-20(28-21)30(22(31)27-15)16-7-8-32-18-4-2-3-13(23)19(16)18/h2-6,9-11,16H,7-8H2,(H,27,31). The molecule has 0 bridgehead atoms. The Morgan fingerprint density at radius 2 is 2.16 bits per heavy atom. The smallest absolute Gasteiger partial charge is 0.328 e. The maximum atomic E-state index is 14.7. The van der Waals surface area contributed by atoms with E-state index < -0.39 is 17.5 Å². The molecule has 6 rings (SSSR count). The third-order valence-corrected chi connectivity index (χ3v) is 5.63. The molecular formula is C22H14FN7O2. The van der Waals surface area contributed by atoms with Crippen LogP contribution in [-0.2, 0) is 0 Å². The molecule has 0 radical (unpaired) electrons. The molecule has 10 heteroatoms. The fourth-order valence-corrected chi connectivity index (χ4v) is 4.19. The Balaban J connectivity index is 1.57.